The molecule has 3 saturated carbocycles. The third kappa shape index (κ3) is 7.12. The maximum atomic E-state index is 14.9. The Bertz CT molecular complexity index is 1560. The van der Waals surface area contributed by atoms with E-state index in [0.29, 0.717) is 25.7 Å². The number of aliphatic hydroxyl groups is 10. The standard InChI is InChI=1S/C42H68O15/c1-19-28(47)30(49)32(51)35(54-19)57-33-31(50)29(48)23(18-43)55-36(33)56-27-13-11-21-20(38(27,4)5)10-12-24-39(6)16-22(44)34(40(39,7)17-26(46)41(21,24)8)42(9,53)25(45)14-15-37(2,3)52/h10,14-15,19,21-25,27-36,43-45,47-53H,11-13,16-18H2,1-9H3/b15-14+/t19-,21+,22+,23-,24-,25-,27-,28-,29-,30+,31+,32-,33-,34-,35+,36+,39+,40+,41+,42-/m0/s1. The minimum absolute atomic E-state index is 0.0224. The van der Waals surface area contributed by atoms with Crippen LogP contribution in [0.3, 0.4) is 0 Å². The Kier molecular flexibility index (Phi) is 12.0. The fourth-order valence-corrected chi connectivity index (χ4v) is 12.2. The monoisotopic (exact) mass is 812 g/mol. The number of carbonyl (C=O) groups excluding carboxylic acids is 1. The molecule has 0 unspecified atom stereocenters. The molecule has 0 bridgehead atoms. The van der Waals surface area contributed by atoms with Gasteiger partial charge in [-0.1, -0.05) is 58.4 Å². The average Bonchev–Trinajstić information content (AvgIpc) is 3.32. The molecule has 15 nitrogen and oxygen atoms in total. The lowest BCUT2D eigenvalue weighted by molar-refractivity contribution is -0.372. The molecule has 2 heterocycles. The molecule has 6 aliphatic rings. The number of ether oxygens (including phenoxy) is 4. The van der Waals surface area contributed by atoms with Gasteiger partial charge in [0.15, 0.2) is 12.6 Å². The Hall–Kier alpha value is -1.41. The number of fused-ring (bicyclic) bond motifs is 5. The Morgan fingerprint density at radius 3 is 2.14 bits per heavy atom. The van der Waals surface area contributed by atoms with Gasteiger partial charge in [-0.25, -0.2) is 0 Å². The number of hydrogen-bond donors (Lipinski definition) is 10. The first-order chi connectivity index (χ1) is 26.2. The van der Waals surface area contributed by atoms with E-state index in [2.05, 4.69) is 13.0 Å². The van der Waals surface area contributed by atoms with Crippen molar-refractivity contribution in [1.82, 2.24) is 0 Å². The first-order valence-corrected chi connectivity index (χ1v) is 20.6. The minimum atomic E-state index is -1.82. The summed E-state index contributed by atoms with van der Waals surface area (Å²) < 4.78 is 24.2. The predicted octanol–water partition coefficient (Wildman–Crippen LogP) is 0.217. The zero-order valence-electron chi connectivity index (χ0n) is 34.7. The summed E-state index contributed by atoms with van der Waals surface area (Å²) in [7, 11) is 0. The number of carbonyl (C=O) groups is 1. The molecule has 0 amide bonds. The summed E-state index contributed by atoms with van der Waals surface area (Å²) in [4.78, 5) is 14.9. The first-order valence-electron chi connectivity index (χ1n) is 20.6. The molecule has 20 atom stereocenters. The molecule has 0 spiro atoms. The molecule has 5 fully saturated rings. The van der Waals surface area contributed by atoms with Crippen molar-refractivity contribution >= 4 is 5.78 Å². The van der Waals surface area contributed by atoms with E-state index in [1.807, 2.05) is 27.7 Å². The maximum Gasteiger partial charge on any atom is 0.187 e. The van der Waals surface area contributed by atoms with Crippen LogP contribution >= 0.6 is 0 Å². The van der Waals surface area contributed by atoms with Gasteiger partial charge in [-0.2, -0.15) is 0 Å². The second-order valence-corrected chi connectivity index (χ2v) is 20.1. The van der Waals surface area contributed by atoms with E-state index in [4.69, 9.17) is 18.9 Å². The quantitative estimate of drug-likeness (QED) is 0.140. The van der Waals surface area contributed by atoms with E-state index in [9.17, 15) is 55.9 Å². The molecule has 0 aromatic rings. The van der Waals surface area contributed by atoms with Crippen LogP contribution in [-0.4, -0.2) is 154 Å². The predicted molar refractivity (Wildman–Crippen MR) is 203 cm³/mol. The number of allylic oxidation sites excluding steroid dienone is 1. The molecule has 0 radical (unpaired) electrons. The molecule has 15 heteroatoms. The lowest BCUT2D eigenvalue weighted by Crippen LogP contribution is -2.66. The van der Waals surface area contributed by atoms with Gasteiger partial charge in [0.1, 0.15) is 54.6 Å². The minimum Gasteiger partial charge on any atom is -0.394 e. The molecule has 4 aliphatic carbocycles. The molecule has 326 valence electrons. The van der Waals surface area contributed by atoms with Crippen LogP contribution in [0.15, 0.2) is 23.8 Å². The fraction of sp³-hybridized carbons (Fsp3) is 0.881. The van der Waals surface area contributed by atoms with Crippen molar-refractivity contribution < 1.29 is 74.8 Å². The number of hydrogen-bond acceptors (Lipinski definition) is 15. The van der Waals surface area contributed by atoms with Gasteiger partial charge in [-0.3, -0.25) is 4.79 Å². The highest BCUT2D eigenvalue weighted by molar-refractivity contribution is 5.88. The van der Waals surface area contributed by atoms with Crippen LogP contribution in [0.2, 0.25) is 0 Å². The van der Waals surface area contributed by atoms with Gasteiger partial charge in [-0.15, -0.1) is 0 Å². The molecule has 2 saturated heterocycles. The Morgan fingerprint density at radius 2 is 1.53 bits per heavy atom. The summed E-state index contributed by atoms with van der Waals surface area (Å²) >= 11 is 0. The molecule has 6 rings (SSSR count). The highest BCUT2D eigenvalue weighted by Crippen LogP contribution is 2.74. The molecule has 2 aliphatic heterocycles. The van der Waals surface area contributed by atoms with Crippen molar-refractivity contribution in [2.75, 3.05) is 6.61 Å². The van der Waals surface area contributed by atoms with Crippen molar-refractivity contribution in [2.24, 2.45) is 39.4 Å². The number of ketones is 1. The summed E-state index contributed by atoms with van der Waals surface area (Å²) in [5.41, 5.74) is -5.10. The van der Waals surface area contributed by atoms with Gasteiger partial charge < -0.3 is 70.0 Å². The van der Waals surface area contributed by atoms with Crippen molar-refractivity contribution in [1.29, 1.82) is 0 Å². The molecule has 0 aromatic heterocycles. The second kappa shape index (κ2) is 15.2. The van der Waals surface area contributed by atoms with Gasteiger partial charge in [0.05, 0.1) is 36.1 Å². The third-order valence-corrected chi connectivity index (χ3v) is 15.7. The van der Waals surface area contributed by atoms with Crippen molar-refractivity contribution in [3.8, 4) is 0 Å². The maximum absolute atomic E-state index is 14.9. The van der Waals surface area contributed by atoms with Crippen LogP contribution in [-0.2, 0) is 23.7 Å². The molecular formula is C42H68O15. The van der Waals surface area contributed by atoms with E-state index in [1.54, 1.807) is 13.8 Å². The lowest BCUT2D eigenvalue weighted by Gasteiger charge is -2.65. The highest BCUT2D eigenvalue weighted by Gasteiger charge is 2.74. The third-order valence-electron chi connectivity index (χ3n) is 15.7. The van der Waals surface area contributed by atoms with E-state index in [-0.39, 0.29) is 24.0 Å². The lowest BCUT2D eigenvalue weighted by atomic mass is 9.38. The largest absolute Gasteiger partial charge is 0.394 e. The fourth-order valence-electron chi connectivity index (χ4n) is 12.2. The normalized spacial score (nSPS) is 50.4. The Balaban J connectivity index is 1.28. The zero-order chi connectivity index (χ0) is 42.6. The summed E-state index contributed by atoms with van der Waals surface area (Å²) in [5.74, 6) is -1.24. The number of Topliss-reactive ketones (excluding diaryl/α,β-unsaturated/α-hetero) is 1. The molecule has 0 aromatic carbocycles. The summed E-state index contributed by atoms with van der Waals surface area (Å²) in [5, 5.41) is 109. The van der Waals surface area contributed by atoms with E-state index >= 15 is 0 Å². The average molecular weight is 813 g/mol. The summed E-state index contributed by atoms with van der Waals surface area (Å²) in [6.07, 6.45) is -10.7. The van der Waals surface area contributed by atoms with Crippen LogP contribution in [0.5, 0.6) is 0 Å². The van der Waals surface area contributed by atoms with Crippen molar-refractivity contribution in [3.05, 3.63) is 23.8 Å². The van der Waals surface area contributed by atoms with Gasteiger partial charge in [0.2, 0.25) is 0 Å². The second-order valence-electron chi connectivity index (χ2n) is 20.1. The molecule has 10 N–H and O–H groups in total. The van der Waals surface area contributed by atoms with Crippen LogP contribution in [0.25, 0.3) is 0 Å². The number of aliphatic hydroxyl groups excluding tert-OH is 8. The van der Waals surface area contributed by atoms with Crippen LogP contribution in [0.1, 0.15) is 94.4 Å². The number of rotatable bonds is 9. The van der Waals surface area contributed by atoms with Gasteiger partial charge in [-0.05, 0) is 76.0 Å². The van der Waals surface area contributed by atoms with Crippen molar-refractivity contribution in [2.45, 2.75) is 185 Å². The summed E-state index contributed by atoms with van der Waals surface area (Å²) in [6, 6.07) is 0. The summed E-state index contributed by atoms with van der Waals surface area (Å²) in [6.45, 7) is 15.5. The molecule has 57 heavy (non-hydrogen) atoms. The van der Waals surface area contributed by atoms with Gasteiger partial charge >= 0.3 is 0 Å². The van der Waals surface area contributed by atoms with Gasteiger partial charge in [0.25, 0.3) is 0 Å². The topological polar surface area (TPSA) is 256 Å². The van der Waals surface area contributed by atoms with Gasteiger partial charge in [0, 0.05) is 23.2 Å². The molecular weight excluding hydrogens is 744 g/mol. The zero-order valence-corrected chi connectivity index (χ0v) is 34.7. The van der Waals surface area contributed by atoms with E-state index < -0.39 is 125 Å². The smallest absolute Gasteiger partial charge is 0.187 e. The SMILES string of the molecule is C[C@@H]1O[C@H](O[C@@H]2[C@@H](O[C@H]3CC[C@@H]4C(=CC[C@@H]5[C@]4(C)C(=O)C[C@]4(C)[C@@H]([C@@](C)(O)[C@@H](O)/C=C/C(C)(C)O)[C@H](O)C[C@]54C)C3(C)C)O[C@@H](CO)[C@H](O)[C@H]2O)[C@@H](O)[C@H](O)[C@H]1O. The Morgan fingerprint density at radius 1 is 0.877 bits per heavy atom. The van der Waals surface area contributed by atoms with E-state index in [0.717, 1.165) is 5.57 Å². The Labute approximate surface area is 335 Å². The van der Waals surface area contributed by atoms with Crippen LogP contribution in [0.4, 0.5) is 0 Å². The van der Waals surface area contributed by atoms with Crippen LogP contribution in [0, 0.1) is 39.4 Å². The van der Waals surface area contributed by atoms with Crippen LogP contribution < -0.4 is 0 Å². The highest BCUT2D eigenvalue weighted by atomic mass is 16.8. The van der Waals surface area contributed by atoms with Crippen molar-refractivity contribution in [3.63, 3.8) is 0 Å². The first kappa shape index (κ1) is 45.1. The van der Waals surface area contributed by atoms with E-state index in [1.165, 1.54) is 26.0 Å².